The summed E-state index contributed by atoms with van der Waals surface area (Å²) in [5.41, 5.74) is -0.712. The first kappa shape index (κ1) is 22.3. The van der Waals surface area contributed by atoms with E-state index in [-0.39, 0.29) is 35.5 Å². The average Bonchev–Trinajstić information content (AvgIpc) is 3.10. The van der Waals surface area contributed by atoms with E-state index in [0.29, 0.717) is 12.2 Å². The Morgan fingerprint density at radius 2 is 1.68 bits per heavy atom. The zero-order valence-electron chi connectivity index (χ0n) is 17.0. The molecule has 1 unspecified atom stereocenters. The van der Waals surface area contributed by atoms with E-state index in [2.05, 4.69) is 10.6 Å². The van der Waals surface area contributed by atoms with Gasteiger partial charge in [-0.3, -0.25) is 14.4 Å². The molecular weight excluding hydrogens is 411 g/mol. The van der Waals surface area contributed by atoms with E-state index < -0.39 is 23.6 Å². The third-order valence-corrected chi connectivity index (χ3v) is 5.05. The van der Waals surface area contributed by atoms with Crippen LogP contribution in [0, 0.1) is 5.92 Å². The fraction of sp³-hybridized carbons (Fsp3) is 0.318. The molecule has 1 heterocycles. The van der Waals surface area contributed by atoms with E-state index >= 15 is 0 Å². The number of rotatable bonds is 5. The minimum absolute atomic E-state index is 0.0190. The molecule has 31 heavy (non-hydrogen) atoms. The zero-order chi connectivity index (χ0) is 22.8. The first-order chi connectivity index (χ1) is 14.6. The van der Waals surface area contributed by atoms with Gasteiger partial charge in [-0.15, -0.1) is 0 Å². The average molecular weight is 433 g/mol. The van der Waals surface area contributed by atoms with Gasteiger partial charge in [0, 0.05) is 30.3 Å². The van der Waals surface area contributed by atoms with Crippen LogP contribution >= 0.6 is 0 Å². The highest BCUT2D eigenvalue weighted by Gasteiger charge is 2.35. The van der Waals surface area contributed by atoms with Crippen molar-refractivity contribution in [2.24, 2.45) is 5.92 Å². The summed E-state index contributed by atoms with van der Waals surface area (Å²) in [6, 6.07) is 10.5. The molecular formula is C22H22F3N3O3. The summed E-state index contributed by atoms with van der Waals surface area (Å²) in [5, 5.41) is 4.98. The summed E-state index contributed by atoms with van der Waals surface area (Å²) in [4.78, 5) is 38.4. The van der Waals surface area contributed by atoms with Crippen LogP contribution in [-0.2, 0) is 15.8 Å². The lowest BCUT2D eigenvalue weighted by Gasteiger charge is -2.20. The Morgan fingerprint density at radius 3 is 2.26 bits per heavy atom. The minimum Gasteiger partial charge on any atom is -0.339 e. The topological polar surface area (TPSA) is 78.5 Å². The highest BCUT2D eigenvalue weighted by Crippen LogP contribution is 2.34. The summed E-state index contributed by atoms with van der Waals surface area (Å²) in [6.07, 6.45) is -4.45. The molecule has 0 radical (unpaired) electrons. The van der Waals surface area contributed by atoms with E-state index in [4.69, 9.17) is 0 Å². The lowest BCUT2D eigenvalue weighted by atomic mass is 10.1. The normalized spacial score (nSPS) is 16.5. The summed E-state index contributed by atoms with van der Waals surface area (Å²) >= 11 is 0. The van der Waals surface area contributed by atoms with Crippen LogP contribution in [0.5, 0.6) is 0 Å². The van der Waals surface area contributed by atoms with Crippen LogP contribution in [0.2, 0.25) is 0 Å². The maximum atomic E-state index is 13.1. The first-order valence-corrected chi connectivity index (χ1v) is 9.74. The zero-order valence-corrected chi connectivity index (χ0v) is 17.0. The molecule has 2 aromatic rings. The molecule has 3 rings (SSSR count). The molecule has 164 valence electrons. The Bertz CT molecular complexity index is 987. The van der Waals surface area contributed by atoms with E-state index in [9.17, 15) is 27.6 Å². The number of para-hydroxylation sites is 1. The number of carbonyl (C=O) groups is 3. The number of alkyl halides is 3. The van der Waals surface area contributed by atoms with Gasteiger partial charge >= 0.3 is 6.18 Å². The van der Waals surface area contributed by atoms with Gasteiger partial charge in [0.1, 0.15) is 0 Å². The number of benzene rings is 2. The summed E-state index contributed by atoms with van der Waals surface area (Å²) in [5.74, 6) is -1.53. The maximum absolute atomic E-state index is 13.1. The number of carbonyl (C=O) groups excluding carboxylic acids is 3. The largest absolute Gasteiger partial charge is 0.418 e. The van der Waals surface area contributed by atoms with Gasteiger partial charge in [0.2, 0.25) is 11.8 Å². The fourth-order valence-electron chi connectivity index (χ4n) is 3.39. The van der Waals surface area contributed by atoms with Crippen LogP contribution < -0.4 is 10.6 Å². The third-order valence-electron chi connectivity index (χ3n) is 5.05. The Kier molecular flexibility index (Phi) is 6.33. The van der Waals surface area contributed by atoms with Crippen molar-refractivity contribution in [3.8, 4) is 0 Å². The highest BCUT2D eigenvalue weighted by atomic mass is 19.4. The van der Waals surface area contributed by atoms with Crippen molar-refractivity contribution in [2.75, 3.05) is 17.2 Å². The molecule has 0 saturated carbocycles. The van der Waals surface area contributed by atoms with Crippen molar-refractivity contribution < 1.29 is 27.6 Å². The monoisotopic (exact) mass is 433 g/mol. The second-order valence-electron chi connectivity index (χ2n) is 7.60. The van der Waals surface area contributed by atoms with Gasteiger partial charge < -0.3 is 15.5 Å². The lowest BCUT2D eigenvalue weighted by Crippen LogP contribution is -2.33. The van der Waals surface area contributed by atoms with Gasteiger partial charge in [0.25, 0.3) is 5.91 Å². The summed E-state index contributed by atoms with van der Waals surface area (Å²) in [6.45, 7) is 4.12. The Morgan fingerprint density at radius 1 is 1.03 bits per heavy atom. The number of amides is 3. The molecule has 2 aromatic carbocycles. The van der Waals surface area contributed by atoms with E-state index in [1.165, 1.54) is 42.5 Å². The molecule has 1 aliphatic heterocycles. The molecule has 3 amide bonds. The lowest BCUT2D eigenvalue weighted by molar-refractivity contribution is -0.137. The Hall–Kier alpha value is -3.36. The van der Waals surface area contributed by atoms with Crippen molar-refractivity contribution in [1.29, 1.82) is 0 Å². The number of likely N-dealkylation sites (tertiary alicyclic amines) is 1. The number of halogens is 3. The second kappa shape index (κ2) is 8.79. The predicted octanol–water partition coefficient (Wildman–Crippen LogP) is 4.15. The van der Waals surface area contributed by atoms with Crippen molar-refractivity contribution >= 4 is 29.1 Å². The van der Waals surface area contributed by atoms with Gasteiger partial charge in [0.05, 0.1) is 17.2 Å². The SMILES string of the molecule is CC(C)N1CC(C(=O)Nc2ccc(C(=O)Nc3ccccc3C(F)(F)F)cc2)CC1=O. The summed E-state index contributed by atoms with van der Waals surface area (Å²) < 4.78 is 39.2. The van der Waals surface area contributed by atoms with Crippen molar-refractivity contribution in [3.63, 3.8) is 0 Å². The maximum Gasteiger partial charge on any atom is 0.418 e. The predicted molar refractivity (Wildman–Crippen MR) is 109 cm³/mol. The van der Waals surface area contributed by atoms with E-state index in [1.807, 2.05) is 13.8 Å². The van der Waals surface area contributed by atoms with Crippen LogP contribution in [-0.4, -0.2) is 35.2 Å². The van der Waals surface area contributed by atoms with Gasteiger partial charge in [-0.1, -0.05) is 12.1 Å². The standard InChI is InChI=1S/C22H22F3N3O3/c1-13(2)28-12-15(11-19(28)29)21(31)26-16-9-7-14(8-10-16)20(30)27-18-6-4-3-5-17(18)22(23,24)25/h3-10,13,15H,11-12H2,1-2H3,(H,26,31)(H,27,30). The van der Waals surface area contributed by atoms with Crippen LogP contribution in [0.1, 0.15) is 36.2 Å². The molecule has 1 atom stereocenters. The van der Waals surface area contributed by atoms with Gasteiger partial charge in [-0.25, -0.2) is 0 Å². The first-order valence-electron chi connectivity index (χ1n) is 9.74. The number of nitrogens with zero attached hydrogens (tertiary/aromatic N) is 1. The molecule has 1 fully saturated rings. The molecule has 0 spiro atoms. The number of nitrogens with one attached hydrogen (secondary N) is 2. The molecule has 0 bridgehead atoms. The smallest absolute Gasteiger partial charge is 0.339 e. The van der Waals surface area contributed by atoms with Crippen molar-refractivity contribution in [2.45, 2.75) is 32.5 Å². The minimum atomic E-state index is -4.59. The fourth-order valence-corrected chi connectivity index (χ4v) is 3.39. The van der Waals surface area contributed by atoms with Crippen LogP contribution in [0.4, 0.5) is 24.5 Å². The summed E-state index contributed by atoms with van der Waals surface area (Å²) in [7, 11) is 0. The molecule has 0 aromatic heterocycles. The quantitative estimate of drug-likeness (QED) is 0.744. The number of anilines is 2. The number of hydrogen-bond acceptors (Lipinski definition) is 3. The van der Waals surface area contributed by atoms with Crippen molar-refractivity contribution in [3.05, 3.63) is 59.7 Å². The van der Waals surface area contributed by atoms with E-state index in [0.717, 1.165) is 6.07 Å². The van der Waals surface area contributed by atoms with Crippen molar-refractivity contribution in [1.82, 2.24) is 4.90 Å². The van der Waals surface area contributed by atoms with Crippen LogP contribution in [0.15, 0.2) is 48.5 Å². The van der Waals surface area contributed by atoms with Gasteiger partial charge in [-0.05, 0) is 50.2 Å². The van der Waals surface area contributed by atoms with E-state index in [1.54, 1.807) is 4.90 Å². The Balaban J connectivity index is 1.64. The molecule has 0 aliphatic carbocycles. The molecule has 1 aliphatic rings. The molecule has 9 heteroatoms. The Labute approximate surface area is 177 Å². The molecule has 1 saturated heterocycles. The second-order valence-corrected chi connectivity index (χ2v) is 7.60. The molecule has 2 N–H and O–H groups in total. The van der Waals surface area contributed by atoms with Gasteiger partial charge in [0.15, 0.2) is 0 Å². The van der Waals surface area contributed by atoms with Gasteiger partial charge in [-0.2, -0.15) is 13.2 Å². The number of hydrogen-bond donors (Lipinski definition) is 2. The highest BCUT2D eigenvalue weighted by molar-refractivity contribution is 6.05. The van der Waals surface area contributed by atoms with Crippen LogP contribution in [0.3, 0.4) is 0 Å². The third kappa shape index (κ3) is 5.22. The van der Waals surface area contributed by atoms with Crippen LogP contribution in [0.25, 0.3) is 0 Å². The molecule has 6 nitrogen and oxygen atoms in total.